The molecule has 0 unspecified atom stereocenters. The van der Waals surface area contributed by atoms with Crippen LogP contribution in [0.3, 0.4) is 0 Å². The van der Waals surface area contributed by atoms with Crippen LogP contribution in [-0.2, 0) is 6.54 Å². The number of benzene rings is 1. The maximum absolute atomic E-state index is 10.8. The van der Waals surface area contributed by atoms with Gasteiger partial charge in [0.1, 0.15) is 5.75 Å². The van der Waals surface area contributed by atoms with Crippen LogP contribution in [0.1, 0.15) is 11.3 Å². The van der Waals surface area contributed by atoms with Gasteiger partial charge in [0.15, 0.2) is 0 Å². The Morgan fingerprint density at radius 1 is 1.37 bits per heavy atom. The molecule has 98 valence electrons. The molecule has 1 aromatic carbocycles. The summed E-state index contributed by atoms with van der Waals surface area (Å²) in [7, 11) is 0. The second kappa shape index (κ2) is 5.34. The fraction of sp³-hybridized carbons (Fsp3) is 0.154. The van der Waals surface area contributed by atoms with Gasteiger partial charge in [-0.15, -0.1) is 0 Å². The van der Waals surface area contributed by atoms with Crippen molar-refractivity contribution in [2.24, 2.45) is 0 Å². The maximum atomic E-state index is 10.8. The molecule has 19 heavy (non-hydrogen) atoms. The van der Waals surface area contributed by atoms with Crippen molar-refractivity contribution in [2.45, 2.75) is 13.5 Å². The Labute approximate surface area is 109 Å². The Morgan fingerprint density at radius 2 is 2.16 bits per heavy atom. The summed E-state index contributed by atoms with van der Waals surface area (Å²) in [4.78, 5) is 14.5. The number of hydrogen-bond acceptors (Lipinski definition) is 5. The Hall–Kier alpha value is -2.63. The van der Waals surface area contributed by atoms with Gasteiger partial charge in [0.05, 0.1) is 23.4 Å². The van der Waals surface area contributed by atoms with Gasteiger partial charge in [-0.2, -0.15) is 0 Å². The van der Waals surface area contributed by atoms with Gasteiger partial charge in [-0.1, -0.05) is 6.07 Å². The third kappa shape index (κ3) is 2.98. The summed E-state index contributed by atoms with van der Waals surface area (Å²) in [6.45, 7) is 2.13. The SMILES string of the molecule is Cc1c(NCc2ccc(O)cn2)cccc1[N+](=O)[O-]. The van der Waals surface area contributed by atoms with Crippen molar-refractivity contribution < 1.29 is 10.0 Å². The quantitative estimate of drug-likeness (QED) is 0.650. The average Bonchev–Trinajstić information content (AvgIpc) is 2.39. The van der Waals surface area contributed by atoms with Gasteiger partial charge >= 0.3 is 0 Å². The molecule has 0 fully saturated rings. The van der Waals surface area contributed by atoms with E-state index in [-0.39, 0.29) is 11.4 Å². The molecular formula is C13H13N3O3. The second-order valence-electron chi connectivity index (χ2n) is 4.07. The minimum absolute atomic E-state index is 0.0867. The number of anilines is 1. The van der Waals surface area contributed by atoms with Crippen molar-refractivity contribution in [3.05, 3.63) is 57.9 Å². The third-order valence-electron chi connectivity index (χ3n) is 2.77. The highest BCUT2D eigenvalue weighted by Gasteiger charge is 2.12. The lowest BCUT2D eigenvalue weighted by Gasteiger charge is -2.09. The molecule has 1 heterocycles. The first kappa shape index (κ1) is 12.8. The summed E-state index contributed by atoms with van der Waals surface area (Å²) >= 11 is 0. The van der Waals surface area contributed by atoms with Crippen LogP contribution in [0.25, 0.3) is 0 Å². The molecule has 0 aliphatic rings. The van der Waals surface area contributed by atoms with Crippen molar-refractivity contribution in [3.8, 4) is 5.75 Å². The van der Waals surface area contributed by atoms with Crippen molar-refractivity contribution in [1.82, 2.24) is 4.98 Å². The van der Waals surface area contributed by atoms with Crippen LogP contribution < -0.4 is 5.32 Å². The van der Waals surface area contributed by atoms with Gasteiger partial charge in [-0.3, -0.25) is 15.1 Å². The Morgan fingerprint density at radius 3 is 2.79 bits per heavy atom. The Kier molecular flexibility index (Phi) is 3.61. The first-order valence-corrected chi connectivity index (χ1v) is 5.69. The Bertz CT molecular complexity index is 597. The van der Waals surface area contributed by atoms with Crippen LogP contribution in [0.5, 0.6) is 5.75 Å². The minimum Gasteiger partial charge on any atom is -0.506 e. The predicted molar refractivity (Wildman–Crippen MR) is 71.1 cm³/mol. The highest BCUT2D eigenvalue weighted by atomic mass is 16.6. The van der Waals surface area contributed by atoms with E-state index in [1.54, 1.807) is 31.2 Å². The van der Waals surface area contributed by atoms with Crippen molar-refractivity contribution in [3.63, 3.8) is 0 Å². The van der Waals surface area contributed by atoms with E-state index < -0.39 is 4.92 Å². The molecule has 0 aliphatic carbocycles. The number of rotatable bonds is 4. The molecule has 2 N–H and O–H groups in total. The molecule has 0 bridgehead atoms. The van der Waals surface area contributed by atoms with Crippen molar-refractivity contribution >= 4 is 11.4 Å². The normalized spacial score (nSPS) is 10.2. The zero-order valence-electron chi connectivity index (χ0n) is 10.3. The molecule has 6 heteroatoms. The summed E-state index contributed by atoms with van der Waals surface area (Å²) in [6.07, 6.45) is 1.36. The largest absolute Gasteiger partial charge is 0.506 e. The van der Waals surface area contributed by atoms with Crippen molar-refractivity contribution in [2.75, 3.05) is 5.32 Å². The van der Waals surface area contributed by atoms with Crippen LogP contribution in [0, 0.1) is 17.0 Å². The fourth-order valence-corrected chi connectivity index (χ4v) is 1.72. The molecule has 0 amide bonds. The van der Waals surface area contributed by atoms with Gasteiger partial charge in [0.2, 0.25) is 0 Å². The van der Waals surface area contributed by atoms with E-state index in [1.807, 2.05) is 0 Å². The van der Waals surface area contributed by atoms with Gasteiger partial charge in [-0.05, 0) is 25.1 Å². The highest BCUT2D eigenvalue weighted by Crippen LogP contribution is 2.25. The molecule has 1 aromatic heterocycles. The molecule has 0 saturated heterocycles. The molecule has 0 spiro atoms. The second-order valence-corrected chi connectivity index (χ2v) is 4.07. The summed E-state index contributed by atoms with van der Waals surface area (Å²) in [5.74, 6) is 0.107. The number of nitro groups is 1. The van der Waals surface area contributed by atoms with Crippen molar-refractivity contribution in [1.29, 1.82) is 0 Å². The lowest BCUT2D eigenvalue weighted by molar-refractivity contribution is -0.385. The number of aromatic hydroxyl groups is 1. The van der Waals surface area contributed by atoms with Gasteiger partial charge < -0.3 is 10.4 Å². The molecule has 0 saturated carbocycles. The van der Waals surface area contributed by atoms with Gasteiger partial charge in [0, 0.05) is 17.3 Å². The topological polar surface area (TPSA) is 88.3 Å². The standard InChI is InChI=1S/C13H13N3O3/c1-9-12(3-2-4-13(9)16(18)19)15-7-10-5-6-11(17)8-14-10/h2-6,8,15,17H,7H2,1H3. The van der Waals surface area contributed by atoms with Crippen LogP contribution in [-0.4, -0.2) is 15.0 Å². The smallest absolute Gasteiger partial charge is 0.274 e. The lowest BCUT2D eigenvalue weighted by Crippen LogP contribution is -2.04. The number of aromatic nitrogens is 1. The van der Waals surface area contributed by atoms with E-state index in [9.17, 15) is 10.1 Å². The number of nitro benzene ring substituents is 1. The average molecular weight is 259 g/mol. The summed E-state index contributed by atoms with van der Waals surface area (Å²) in [6, 6.07) is 8.12. The summed E-state index contributed by atoms with van der Waals surface area (Å²) < 4.78 is 0. The van der Waals surface area contributed by atoms with Gasteiger partial charge in [-0.25, -0.2) is 0 Å². The molecule has 2 rings (SSSR count). The first-order chi connectivity index (χ1) is 9.08. The van der Waals surface area contributed by atoms with E-state index >= 15 is 0 Å². The van der Waals surface area contributed by atoms with Crippen LogP contribution in [0.4, 0.5) is 11.4 Å². The zero-order chi connectivity index (χ0) is 13.8. The number of hydrogen-bond donors (Lipinski definition) is 2. The van der Waals surface area contributed by atoms with Crippen LogP contribution >= 0.6 is 0 Å². The molecule has 2 aromatic rings. The molecule has 0 aliphatic heterocycles. The molecule has 0 atom stereocenters. The summed E-state index contributed by atoms with van der Waals surface area (Å²) in [5, 5.41) is 23.0. The van der Waals surface area contributed by atoms with Gasteiger partial charge in [0.25, 0.3) is 5.69 Å². The zero-order valence-corrected chi connectivity index (χ0v) is 10.3. The van der Waals surface area contributed by atoms with E-state index in [1.165, 1.54) is 12.3 Å². The third-order valence-corrected chi connectivity index (χ3v) is 2.77. The monoisotopic (exact) mass is 259 g/mol. The highest BCUT2D eigenvalue weighted by molar-refractivity contribution is 5.59. The number of nitrogens with zero attached hydrogens (tertiary/aromatic N) is 2. The molecule has 6 nitrogen and oxygen atoms in total. The lowest BCUT2D eigenvalue weighted by atomic mass is 10.1. The first-order valence-electron chi connectivity index (χ1n) is 5.69. The van der Waals surface area contributed by atoms with E-state index in [0.717, 1.165) is 5.69 Å². The van der Waals surface area contributed by atoms with E-state index in [2.05, 4.69) is 10.3 Å². The minimum atomic E-state index is -0.403. The number of nitrogens with one attached hydrogen (secondary N) is 1. The summed E-state index contributed by atoms with van der Waals surface area (Å²) in [5.41, 5.74) is 2.11. The molecular weight excluding hydrogens is 246 g/mol. The van der Waals surface area contributed by atoms with E-state index in [4.69, 9.17) is 5.11 Å². The van der Waals surface area contributed by atoms with Crippen LogP contribution in [0.15, 0.2) is 36.5 Å². The molecule has 0 radical (unpaired) electrons. The fourth-order valence-electron chi connectivity index (χ4n) is 1.72. The maximum Gasteiger partial charge on any atom is 0.274 e. The Balaban J connectivity index is 2.13. The predicted octanol–water partition coefficient (Wildman–Crippen LogP) is 2.62. The van der Waals surface area contributed by atoms with E-state index in [0.29, 0.717) is 17.8 Å². The number of pyridine rings is 1. The van der Waals surface area contributed by atoms with Crippen LogP contribution in [0.2, 0.25) is 0 Å².